The average molecular weight is 590 g/mol. The largest absolute Gasteiger partial charge is 0.408 e. The number of alkyl halides is 3. The number of hydrogen-bond donors (Lipinski definition) is 0. The molecule has 4 aromatic heterocycles. The van der Waals surface area contributed by atoms with Crippen LogP contribution in [0, 0.1) is 0 Å². The number of pyridine rings is 1. The molecule has 5 heterocycles. The molecule has 216 valence electrons. The van der Waals surface area contributed by atoms with Crippen molar-refractivity contribution in [3.05, 3.63) is 57.8 Å². The lowest BCUT2D eigenvalue weighted by molar-refractivity contribution is -0.146. The number of fused-ring (bicyclic) bond motifs is 1. The van der Waals surface area contributed by atoms with Crippen molar-refractivity contribution < 1.29 is 18.0 Å². The van der Waals surface area contributed by atoms with Crippen molar-refractivity contribution >= 4 is 40.6 Å². The van der Waals surface area contributed by atoms with Crippen LogP contribution in [0.4, 0.5) is 24.9 Å². The highest BCUT2D eigenvalue weighted by Gasteiger charge is 2.46. The van der Waals surface area contributed by atoms with Crippen LogP contribution in [0.1, 0.15) is 12.8 Å². The standard InChI is InChI=1S/C25H26F3N9O3S/c1-33-21-20(22(39)34(2)24(33)40)35(13-31-21)12-19(38)37(14-41-3)18-8-4-6-16(32-18)15-10-29-23(30-11-15)36-9-5-7-17(36)25(26,27)28/h4,6,8,10-11,13,17H,5,7,9,12,14H2,1-3H3. The number of rotatable bonds is 7. The number of hydrogen-bond acceptors (Lipinski definition) is 9. The topological polar surface area (TPSA) is 124 Å². The van der Waals surface area contributed by atoms with Crippen LogP contribution < -0.4 is 21.0 Å². The smallest absolute Gasteiger partial charge is 0.329 e. The molecule has 1 saturated heterocycles. The van der Waals surface area contributed by atoms with E-state index in [-0.39, 0.29) is 48.4 Å². The molecule has 0 N–H and O–H groups in total. The number of anilines is 2. The van der Waals surface area contributed by atoms with Gasteiger partial charge in [-0.1, -0.05) is 6.07 Å². The van der Waals surface area contributed by atoms with Crippen LogP contribution in [0.3, 0.4) is 0 Å². The zero-order valence-electron chi connectivity index (χ0n) is 22.4. The molecule has 0 radical (unpaired) electrons. The molecule has 1 atom stereocenters. The van der Waals surface area contributed by atoms with E-state index in [4.69, 9.17) is 0 Å². The Hall–Kier alpha value is -4.21. The fourth-order valence-electron chi connectivity index (χ4n) is 4.83. The summed E-state index contributed by atoms with van der Waals surface area (Å²) in [6.07, 6.45) is 2.03. The van der Waals surface area contributed by atoms with Crippen LogP contribution in [0.2, 0.25) is 0 Å². The highest BCUT2D eigenvalue weighted by atomic mass is 32.2. The molecule has 12 nitrogen and oxygen atoms in total. The number of aryl methyl sites for hydroxylation is 1. The van der Waals surface area contributed by atoms with Gasteiger partial charge in [-0.2, -0.15) is 13.2 Å². The van der Waals surface area contributed by atoms with Crippen LogP contribution in [-0.2, 0) is 25.4 Å². The molecule has 5 rings (SSSR count). The van der Waals surface area contributed by atoms with E-state index in [0.29, 0.717) is 23.5 Å². The van der Waals surface area contributed by atoms with Gasteiger partial charge in [0.15, 0.2) is 11.2 Å². The monoisotopic (exact) mass is 589 g/mol. The summed E-state index contributed by atoms with van der Waals surface area (Å²) >= 11 is 1.39. The van der Waals surface area contributed by atoms with Crippen molar-refractivity contribution in [2.45, 2.75) is 31.6 Å². The number of thioether (sulfide) groups is 1. The minimum absolute atomic E-state index is 0.000109. The van der Waals surface area contributed by atoms with Gasteiger partial charge in [-0.15, -0.1) is 11.8 Å². The second kappa shape index (κ2) is 11.0. The molecule has 1 aliphatic rings. The van der Waals surface area contributed by atoms with Crippen molar-refractivity contribution in [2.24, 2.45) is 14.1 Å². The Morgan fingerprint density at radius 3 is 2.54 bits per heavy atom. The first kappa shape index (κ1) is 28.3. The van der Waals surface area contributed by atoms with Crippen molar-refractivity contribution in [1.82, 2.24) is 33.6 Å². The van der Waals surface area contributed by atoms with Gasteiger partial charge in [0.25, 0.3) is 5.56 Å². The Labute approximate surface area is 235 Å². The number of halogens is 3. The van der Waals surface area contributed by atoms with E-state index in [1.54, 1.807) is 18.2 Å². The first-order valence-electron chi connectivity index (χ1n) is 12.5. The van der Waals surface area contributed by atoms with Gasteiger partial charge in [-0.05, 0) is 31.2 Å². The molecular formula is C25H26F3N9O3S. The van der Waals surface area contributed by atoms with E-state index in [1.165, 1.54) is 58.6 Å². The molecule has 4 aromatic rings. The maximum absolute atomic E-state index is 13.5. The molecule has 1 unspecified atom stereocenters. The van der Waals surface area contributed by atoms with Gasteiger partial charge in [0.1, 0.15) is 18.4 Å². The van der Waals surface area contributed by atoms with Gasteiger partial charge in [-0.3, -0.25) is 23.6 Å². The van der Waals surface area contributed by atoms with E-state index < -0.39 is 23.5 Å². The summed E-state index contributed by atoms with van der Waals surface area (Å²) in [5.74, 6) is 0.201. The maximum Gasteiger partial charge on any atom is 0.408 e. The third-order valence-corrected chi connectivity index (χ3v) is 7.43. The molecule has 0 aliphatic carbocycles. The van der Waals surface area contributed by atoms with E-state index >= 15 is 0 Å². The molecular weight excluding hydrogens is 563 g/mol. The van der Waals surface area contributed by atoms with E-state index in [1.807, 2.05) is 6.26 Å². The molecule has 1 amide bonds. The molecule has 16 heteroatoms. The minimum atomic E-state index is -4.37. The molecule has 41 heavy (non-hydrogen) atoms. The Bertz CT molecular complexity index is 1720. The molecule has 1 aliphatic heterocycles. The third-order valence-electron chi connectivity index (χ3n) is 6.91. The Balaban J connectivity index is 1.41. The zero-order valence-corrected chi connectivity index (χ0v) is 23.2. The normalized spacial score (nSPS) is 15.6. The van der Waals surface area contributed by atoms with Crippen molar-refractivity contribution in [3.63, 3.8) is 0 Å². The van der Waals surface area contributed by atoms with Crippen molar-refractivity contribution in [1.29, 1.82) is 0 Å². The second-order valence-corrected chi connectivity index (χ2v) is 10.4. The lowest BCUT2D eigenvalue weighted by Gasteiger charge is -2.26. The summed E-state index contributed by atoms with van der Waals surface area (Å²) in [4.78, 5) is 58.2. The highest BCUT2D eigenvalue weighted by molar-refractivity contribution is 7.98. The first-order valence-corrected chi connectivity index (χ1v) is 13.9. The Morgan fingerprint density at radius 1 is 1.12 bits per heavy atom. The molecule has 1 fully saturated rings. The van der Waals surface area contributed by atoms with Gasteiger partial charge in [0.2, 0.25) is 11.9 Å². The van der Waals surface area contributed by atoms with Gasteiger partial charge < -0.3 is 9.47 Å². The number of aromatic nitrogens is 7. The SMILES string of the molecule is CSCN(C(=O)Cn1cnc2c1c(=O)n(C)c(=O)n2C)c1cccc(-c2cnc(N3CCCC3C(F)(F)F)nc2)n1. The molecule has 0 bridgehead atoms. The Kier molecular flexibility index (Phi) is 7.59. The van der Waals surface area contributed by atoms with Gasteiger partial charge >= 0.3 is 11.9 Å². The van der Waals surface area contributed by atoms with Crippen LogP contribution in [-0.4, -0.2) is 70.4 Å². The highest BCUT2D eigenvalue weighted by Crippen LogP contribution is 2.34. The number of imidazole rings is 1. The predicted octanol–water partition coefficient (Wildman–Crippen LogP) is 2.17. The second-order valence-electron chi connectivity index (χ2n) is 9.54. The van der Waals surface area contributed by atoms with Gasteiger partial charge in [0, 0.05) is 38.6 Å². The molecule has 0 saturated carbocycles. The summed E-state index contributed by atoms with van der Waals surface area (Å²) in [7, 11) is 2.85. The summed E-state index contributed by atoms with van der Waals surface area (Å²) < 4.78 is 43.7. The fraction of sp³-hybridized carbons (Fsp3) is 0.400. The quantitative estimate of drug-likeness (QED) is 0.298. The van der Waals surface area contributed by atoms with E-state index in [0.717, 1.165) is 9.47 Å². The van der Waals surface area contributed by atoms with Gasteiger partial charge in [0.05, 0.1) is 17.9 Å². The van der Waals surface area contributed by atoms with Crippen molar-refractivity contribution in [2.75, 3.05) is 28.5 Å². The summed E-state index contributed by atoms with van der Waals surface area (Å²) in [5.41, 5.74) is 0.0994. The number of amides is 1. The van der Waals surface area contributed by atoms with Crippen LogP contribution in [0.25, 0.3) is 22.4 Å². The van der Waals surface area contributed by atoms with E-state index in [2.05, 4.69) is 19.9 Å². The Morgan fingerprint density at radius 2 is 1.85 bits per heavy atom. The van der Waals surface area contributed by atoms with E-state index in [9.17, 15) is 27.6 Å². The number of carbonyl (C=O) groups is 1. The minimum Gasteiger partial charge on any atom is -0.329 e. The van der Waals surface area contributed by atoms with Crippen LogP contribution >= 0.6 is 11.8 Å². The van der Waals surface area contributed by atoms with Crippen LogP contribution in [0.15, 0.2) is 46.5 Å². The lowest BCUT2D eigenvalue weighted by Crippen LogP contribution is -2.42. The average Bonchev–Trinajstić information content (AvgIpc) is 3.62. The number of carbonyl (C=O) groups excluding carboxylic acids is 1. The first-order chi connectivity index (χ1) is 19.5. The zero-order chi connectivity index (χ0) is 29.5. The van der Waals surface area contributed by atoms with Crippen LogP contribution in [0.5, 0.6) is 0 Å². The fourth-order valence-corrected chi connectivity index (χ4v) is 5.36. The summed E-state index contributed by atoms with van der Waals surface area (Å²) in [6.45, 7) is -0.0119. The van der Waals surface area contributed by atoms with Gasteiger partial charge in [-0.25, -0.2) is 24.7 Å². The summed E-state index contributed by atoms with van der Waals surface area (Å²) in [5, 5.41) is 0. The predicted molar refractivity (Wildman–Crippen MR) is 148 cm³/mol. The number of nitrogens with zero attached hydrogens (tertiary/aromatic N) is 9. The molecule has 0 aromatic carbocycles. The maximum atomic E-state index is 13.5. The third kappa shape index (κ3) is 5.30. The molecule has 0 spiro atoms. The van der Waals surface area contributed by atoms with Crippen molar-refractivity contribution in [3.8, 4) is 11.3 Å². The summed E-state index contributed by atoms with van der Waals surface area (Å²) in [6, 6.07) is 3.43. The lowest BCUT2D eigenvalue weighted by atomic mass is 10.2.